The van der Waals surface area contributed by atoms with Crippen molar-refractivity contribution in [3.05, 3.63) is 16.1 Å². The van der Waals surface area contributed by atoms with Crippen LogP contribution >= 0.6 is 11.3 Å². The van der Waals surface area contributed by atoms with E-state index in [0.717, 1.165) is 36.8 Å². The Kier molecular flexibility index (Phi) is 5.15. The molecule has 1 aromatic rings. The van der Waals surface area contributed by atoms with E-state index < -0.39 is 0 Å². The van der Waals surface area contributed by atoms with Gasteiger partial charge in [0.15, 0.2) is 0 Å². The van der Waals surface area contributed by atoms with Crippen LogP contribution in [0.1, 0.15) is 36.4 Å². The molecule has 1 saturated heterocycles. The molecule has 106 valence electrons. The van der Waals surface area contributed by atoms with Gasteiger partial charge in [-0.1, -0.05) is 6.92 Å². The molecule has 5 nitrogen and oxygen atoms in total. The van der Waals surface area contributed by atoms with Crippen LogP contribution in [0.2, 0.25) is 0 Å². The van der Waals surface area contributed by atoms with Crippen molar-refractivity contribution >= 4 is 17.4 Å². The molecule has 2 amide bonds. The Morgan fingerprint density at radius 1 is 1.58 bits per heavy atom. The van der Waals surface area contributed by atoms with Crippen molar-refractivity contribution in [3.63, 3.8) is 0 Å². The molecule has 2 N–H and O–H groups in total. The van der Waals surface area contributed by atoms with Crippen LogP contribution in [0.15, 0.2) is 5.38 Å². The van der Waals surface area contributed by atoms with Crippen LogP contribution in [0, 0.1) is 6.92 Å². The van der Waals surface area contributed by atoms with Gasteiger partial charge in [-0.25, -0.2) is 9.78 Å². The van der Waals surface area contributed by atoms with E-state index in [0.29, 0.717) is 6.54 Å². The molecule has 0 aliphatic carbocycles. The summed E-state index contributed by atoms with van der Waals surface area (Å²) in [5.41, 5.74) is 1.04. The highest BCUT2D eigenvalue weighted by atomic mass is 32.1. The number of ether oxygens (including phenoxy) is 1. The molecule has 0 aromatic carbocycles. The van der Waals surface area contributed by atoms with Crippen LogP contribution in [0.5, 0.6) is 0 Å². The van der Waals surface area contributed by atoms with Crippen molar-refractivity contribution in [3.8, 4) is 0 Å². The minimum atomic E-state index is -0.0907. The van der Waals surface area contributed by atoms with E-state index in [2.05, 4.69) is 22.5 Å². The zero-order chi connectivity index (χ0) is 13.7. The van der Waals surface area contributed by atoms with E-state index >= 15 is 0 Å². The average Bonchev–Trinajstić information content (AvgIpc) is 2.84. The number of hydrogen-bond acceptors (Lipinski definition) is 4. The molecule has 2 rings (SSSR count). The lowest BCUT2D eigenvalue weighted by Crippen LogP contribution is -2.45. The summed E-state index contributed by atoms with van der Waals surface area (Å²) in [6.07, 6.45) is 1.79. The molecule has 1 aromatic heterocycles. The Morgan fingerprint density at radius 2 is 2.32 bits per heavy atom. The fourth-order valence-corrected chi connectivity index (χ4v) is 2.87. The summed E-state index contributed by atoms with van der Waals surface area (Å²) >= 11 is 1.65. The third-order valence-electron chi connectivity index (χ3n) is 3.18. The topological polar surface area (TPSA) is 63.2 Å². The minimum absolute atomic E-state index is 0.0907. The Hall–Kier alpha value is -1.14. The molecule has 0 radical (unpaired) electrons. The molecule has 1 aliphatic rings. The molecule has 19 heavy (non-hydrogen) atoms. The van der Waals surface area contributed by atoms with Gasteiger partial charge in [0.1, 0.15) is 0 Å². The largest absolute Gasteiger partial charge is 0.381 e. The van der Waals surface area contributed by atoms with Gasteiger partial charge in [0, 0.05) is 42.8 Å². The molecule has 0 unspecified atom stereocenters. The zero-order valence-corrected chi connectivity index (χ0v) is 12.3. The summed E-state index contributed by atoms with van der Waals surface area (Å²) in [5.74, 6) is 0.249. The second kappa shape index (κ2) is 6.86. The van der Waals surface area contributed by atoms with E-state index in [9.17, 15) is 4.79 Å². The van der Waals surface area contributed by atoms with Crippen molar-refractivity contribution in [2.45, 2.75) is 38.6 Å². The summed E-state index contributed by atoms with van der Waals surface area (Å²) in [4.78, 5) is 16.2. The van der Waals surface area contributed by atoms with Gasteiger partial charge >= 0.3 is 6.03 Å². The van der Waals surface area contributed by atoms with Gasteiger partial charge in [0.05, 0.1) is 5.01 Å². The molecule has 1 fully saturated rings. The second-order valence-electron chi connectivity index (χ2n) is 4.97. The smallest absolute Gasteiger partial charge is 0.315 e. The van der Waals surface area contributed by atoms with Gasteiger partial charge in [-0.3, -0.25) is 0 Å². The highest BCUT2D eigenvalue weighted by molar-refractivity contribution is 7.09. The van der Waals surface area contributed by atoms with E-state index in [1.54, 1.807) is 11.3 Å². The van der Waals surface area contributed by atoms with Crippen molar-refractivity contribution in [2.75, 3.05) is 19.8 Å². The minimum Gasteiger partial charge on any atom is -0.381 e. The van der Waals surface area contributed by atoms with E-state index in [-0.39, 0.29) is 18.0 Å². The number of amides is 2. The molecule has 1 atom stereocenters. The molecule has 2 heterocycles. The number of nitrogens with zero attached hydrogens (tertiary/aromatic N) is 1. The first kappa shape index (κ1) is 14.3. The predicted octanol–water partition coefficient (Wildman–Crippen LogP) is 2.03. The van der Waals surface area contributed by atoms with Gasteiger partial charge in [0.2, 0.25) is 0 Å². The zero-order valence-electron chi connectivity index (χ0n) is 11.4. The Morgan fingerprint density at radius 3 is 2.95 bits per heavy atom. The Bertz CT molecular complexity index is 416. The van der Waals surface area contributed by atoms with Crippen LogP contribution in [0.3, 0.4) is 0 Å². The number of aryl methyl sites for hydroxylation is 1. The maximum atomic E-state index is 11.8. The summed E-state index contributed by atoms with van der Waals surface area (Å²) in [7, 11) is 0. The van der Waals surface area contributed by atoms with Gasteiger partial charge < -0.3 is 15.4 Å². The number of rotatable bonds is 4. The van der Waals surface area contributed by atoms with Crippen LogP contribution in [0.4, 0.5) is 4.79 Å². The number of carbonyl (C=O) groups excluding carboxylic acids is 1. The average molecular weight is 283 g/mol. The summed E-state index contributed by atoms with van der Waals surface area (Å²) in [6.45, 7) is 6.15. The van der Waals surface area contributed by atoms with Crippen molar-refractivity contribution in [1.82, 2.24) is 15.6 Å². The number of hydrogen-bond donors (Lipinski definition) is 2. The standard InChI is InChI=1S/C13H21N3O2S/c1-9(12-15-10(2)8-19-12)7-14-13(17)16-11-3-5-18-6-4-11/h8-9,11H,3-7H2,1-2H3,(H2,14,16,17)/t9-/m0/s1. The molecule has 0 bridgehead atoms. The number of nitrogens with one attached hydrogen (secondary N) is 2. The van der Waals surface area contributed by atoms with Gasteiger partial charge in [-0.15, -0.1) is 11.3 Å². The highest BCUT2D eigenvalue weighted by Gasteiger charge is 2.16. The van der Waals surface area contributed by atoms with E-state index in [1.807, 2.05) is 12.3 Å². The molecule has 0 spiro atoms. The SMILES string of the molecule is Cc1csc([C@@H](C)CNC(=O)NC2CCOCC2)n1. The fraction of sp³-hybridized carbons (Fsp3) is 0.692. The van der Waals surface area contributed by atoms with Gasteiger partial charge in [-0.2, -0.15) is 0 Å². The fourth-order valence-electron chi connectivity index (χ4n) is 2.01. The van der Waals surface area contributed by atoms with E-state index in [4.69, 9.17) is 4.74 Å². The monoisotopic (exact) mass is 283 g/mol. The van der Waals surface area contributed by atoms with Crippen LogP contribution in [-0.4, -0.2) is 36.8 Å². The third-order valence-corrected chi connectivity index (χ3v) is 4.38. The van der Waals surface area contributed by atoms with Crippen LogP contribution in [-0.2, 0) is 4.74 Å². The normalized spacial score (nSPS) is 18.0. The maximum absolute atomic E-state index is 11.8. The summed E-state index contributed by atoms with van der Waals surface area (Å²) in [5, 5.41) is 9.01. The van der Waals surface area contributed by atoms with Crippen LogP contribution in [0.25, 0.3) is 0 Å². The Balaban J connectivity index is 1.70. The Labute approximate surface area is 117 Å². The third kappa shape index (κ3) is 4.47. The van der Waals surface area contributed by atoms with E-state index in [1.165, 1.54) is 0 Å². The van der Waals surface area contributed by atoms with Gasteiger partial charge in [0.25, 0.3) is 0 Å². The first-order valence-electron chi connectivity index (χ1n) is 6.69. The maximum Gasteiger partial charge on any atom is 0.315 e. The first-order valence-corrected chi connectivity index (χ1v) is 7.57. The molecule has 6 heteroatoms. The van der Waals surface area contributed by atoms with Crippen molar-refractivity contribution in [1.29, 1.82) is 0 Å². The highest BCUT2D eigenvalue weighted by Crippen LogP contribution is 2.18. The molecule has 1 aliphatic heterocycles. The summed E-state index contributed by atoms with van der Waals surface area (Å²) in [6, 6.07) is 0.151. The predicted molar refractivity (Wildman–Crippen MR) is 75.6 cm³/mol. The van der Waals surface area contributed by atoms with Crippen molar-refractivity contribution in [2.24, 2.45) is 0 Å². The summed E-state index contributed by atoms with van der Waals surface area (Å²) < 4.78 is 5.26. The lowest BCUT2D eigenvalue weighted by Gasteiger charge is -2.23. The van der Waals surface area contributed by atoms with Crippen molar-refractivity contribution < 1.29 is 9.53 Å². The molecule has 0 saturated carbocycles. The lowest BCUT2D eigenvalue weighted by atomic mass is 10.1. The quantitative estimate of drug-likeness (QED) is 0.888. The number of thiazole rings is 1. The van der Waals surface area contributed by atoms with Crippen LogP contribution < -0.4 is 10.6 Å². The van der Waals surface area contributed by atoms with Gasteiger partial charge in [-0.05, 0) is 19.8 Å². The second-order valence-corrected chi connectivity index (χ2v) is 5.86. The number of urea groups is 1. The molecular formula is C13H21N3O2S. The lowest BCUT2D eigenvalue weighted by molar-refractivity contribution is 0.0801. The molecular weight excluding hydrogens is 262 g/mol. The first-order chi connectivity index (χ1) is 9.15. The number of aromatic nitrogens is 1. The number of carbonyl (C=O) groups is 1.